The molecule has 0 aliphatic rings. The highest BCUT2D eigenvalue weighted by Gasteiger charge is 2.00. The van der Waals surface area contributed by atoms with Crippen LogP contribution in [0.15, 0.2) is 54.6 Å². The number of rotatable bonds is 4. The molecular weight excluding hydrogens is 240 g/mol. The van der Waals surface area contributed by atoms with Crippen molar-refractivity contribution >= 4 is 12.0 Å². The summed E-state index contributed by atoms with van der Waals surface area (Å²) < 4.78 is 5.78. The number of carbonyl (C=O) groups is 1. The van der Waals surface area contributed by atoms with Gasteiger partial charge < -0.3 is 9.84 Å². The van der Waals surface area contributed by atoms with Crippen LogP contribution in [0.25, 0.3) is 6.08 Å². The number of carboxylic acids is 1. The molecule has 2 rings (SSSR count). The SMILES string of the molecule is Cc1ccccc1Oc1cccc(C=CC(=O)O)c1. The number of aryl methyl sites for hydroxylation is 1. The normalized spacial score (nSPS) is 10.6. The van der Waals surface area contributed by atoms with Gasteiger partial charge in [0.2, 0.25) is 0 Å². The Labute approximate surface area is 111 Å². The molecule has 0 fully saturated rings. The first-order valence-corrected chi connectivity index (χ1v) is 5.90. The zero-order chi connectivity index (χ0) is 13.7. The predicted octanol–water partition coefficient (Wildman–Crippen LogP) is 3.89. The topological polar surface area (TPSA) is 46.5 Å². The standard InChI is InChI=1S/C16H14O3/c1-12-5-2-3-8-15(12)19-14-7-4-6-13(11-14)9-10-16(17)18/h2-11H,1H3,(H,17,18). The van der Waals surface area contributed by atoms with Crippen molar-refractivity contribution in [2.45, 2.75) is 6.92 Å². The Morgan fingerprint density at radius 2 is 1.95 bits per heavy atom. The number of para-hydroxylation sites is 1. The fourth-order valence-electron chi connectivity index (χ4n) is 1.65. The maximum absolute atomic E-state index is 10.5. The molecule has 0 atom stereocenters. The molecule has 0 aromatic heterocycles. The molecule has 1 N–H and O–H groups in total. The lowest BCUT2D eigenvalue weighted by Crippen LogP contribution is -1.88. The monoisotopic (exact) mass is 254 g/mol. The summed E-state index contributed by atoms with van der Waals surface area (Å²) in [5, 5.41) is 8.60. The molecule has 0 bridgehead atoms. The van der Waals surface area contributed by atoms with E-state index in [1.165, 1.54) is 6.08 Å². The summed E-state index contributed by atoms with van der Waals surface area (Å²) in [6, 6.07) is 15.0. The zero-order valence-electron chi connectivity index (χ0n) is 10.5. The summed E-state index contributed by atoms with van der Waals surface area (Å²) in [5.41, 5.74) is 1.84. The summed E-state index contributed by atoms with van der Waals surface area (Å²) >= 11 is 0. The molecule has 96 valence electrons. The molecular formula is C16H14O3. The van der Waals surface area contributed by atoms with Gasteiger partial charge in [-0.15, -0.1) is 0 Å². The van der Waals surface area contributed by atoms with Crippen LogP contribution in [0.4, 0.5) is 0 Å². The second-order valence-electron chi connectivity index (χ2n) is 4.11. The zero-order valence-corrected chi connectivity index (χ0v) is 10.5. The molecule has 0 aliphatic heterocycles. The summed E-state index contributed by atoms with van der Waals surface area (Å²) in [7, 11) is 0. The Hall–Kier alpha value is -2.55. The number of hydrogen-bond donors (Lipinski definition) is 1. The smallest absolute Gasteiger partial charge is 0.328 e. The summed E-state index contributed by atoms with van der Waals surface area (Å²) in [5.74, 6) is 0.508. The molecule has 0 aliphatic carbocycles. The second-order valence-corrected chi connectivity index (χ2v) is 4.11. The highest BCUT2D eigenvalue weighted by Crippen LogP contribution is 2.25. The van der Waals surface area contributed by atoms with E-state index in [-0.39, 0.29) is 0 Å². The second kappa shape index (κ2) is 5.87. The van der Waals surface area contributed by atoms with Crippen LogP contribution in [-0.4, -0.2) is 11.1 Å². The Morgan fingerprint density at radius 1 is 1.16 bits per heavy atom. The average Bonchev–Trinajstić information content (AvgIpc) is 2.40. The molecule has 0 heterocycles. The van der Waals surface area contributed by atoms with Crippen LogP contribution < -0.4 is 4.74 Å². The average molecular weight is 254 g/mol. The summed E-state index contributed by atoms with van der Waals surface area (Å²) in [6.45, 7) is 1.98. The molecule has 0 amide bonds. The fourth-order valence-corrected chi connectivity index (χ4v) is 1.65. The first-order chi connectivity index (χ1) is 9.15. The number of carboxylic acid groups (broad SMARTS) is 1. The Balaban J connectivity index is 2.20. The molecule has 3 nitrogen and oxygen atoms in total. The van der Waals surface area contributed by atoms with E-state index in [9.17, 15) is 4.79 Å². The molecule has 0 saturated heterocycles. The third-order valence-electron chi connectivity index (χ3n) is 2.60. The van der Waals surface area contributed by atoms with Crippen molar-refractivity contribution in [2.75, 3.05) is 0 Å². The van der Waals surface area contributed by atoms with Gasteiger partial charge in [0.1, 0.15) is 11.5 Å². The lowest BCUT2D eigenvalue weighted by molar-refractivity contribution is -0.131. The van der Waals surface area contributed by atoms with E-state index in [0.29, 0.717) is 5.75 Å². The van der Waals surface area contributed by atoms with Crippen molar-refractivity contribution in [2.24, 2.45) is 0 Å². The third-order valence-corrected chi connectivity index (χ3v) is 2.60. The van der Waals surface area contributed by atoms with Gasteiger partial charge in [-0.25, -0.2) is 4.79 Å². The van der Waals surface area contributed by atoms with Crippen LogP contribution >= 0.6 is 0 Å². The lowest BCUT2D eigenvalue weighted by Gasteiger charge is -2.08. The van der Waals surface area contributed by atoms with Gasteiger partial charge in [0, 0.05) is 6.08 Å². The molecule has 0 saturated carbocycles. The largest absolute Gasteiger partial charge is 0.478 e. The molecule has 2 aromatic rings. The highest BCUT2D eigenvalue weighted by molar-refractivity contribution is 5.85. The molecule has 3 heteroatoms. The number of aliphatic carboxylic acids is 1. The minimum absolute atomic E-state index is 0.682. The summed E-state index contributed by atoms with van der Waals surface area (Å²) in [4.78, 5) is 10.5. The Bertz CT molecular complexity index is 615. The van der Waals surface area contributed by atoms with Gasteiger partial charge in [-0.05, 0) is 42.3 Å². The van der Waals surface area contributed by atoms with E-state index in [1.807, 2.05) is 49.4 Å². The number of benzene rings is 2. The van der Waals surface area contributed by atoms with Crippen LogP contribution in [0, 0.1) is 6.92 Å². The van der Waals surface area contributed by atoms with Gasteiger partial charge in [-0.1, -0.05) is 30.3 Å². The van der Waals surface area contributed by atoms with Crippen LogP contribution in [-0.2, 0) is 4.79 Å². The van der Waals surface area contributed by atoms with Gasteiger partial charge in [-0.3, -0.25) is 0 Å². The van der Waals surface area contributed by atoms with Crippen LogP contribution in [0.5, 0.6) is 11.5 Å². The third kappa shape index (κ3) is 3.71. The van der Waals surface area contributed by atoms with Crippen molar-refractivity contribution in [1.29, 1.82) is 0 Å². The maximum Gasteiger partial charge on any atom is 0.328 e. The van der Waals surface area contributed by atoms with Gasteiger partial charge in [0.05, 0.1) is 0 Å². The van der Waals surface area contributed by atoms with E-state index in [4.69, 9.17) is 9.84 Å². The van der Waals surface area contributed by atoms with E-state index in [1.54, 1.807) is 6.07 Å². The van der Waals surface area contributed by atoms with Crippen LogP contribution in [0.3, 0.4) is 0 Å². The molecule has 0 spiro atoms. The molecule has 0 radical (unpaired) electrons. The Kier molecular flexibility index (Phi) is 3.98. The van der Waals surface area contributed by atoms with Crippen molar-refractivity contribution in [1.82, 2.24) is 0 Å². The Morgan fingerprint density at radius 3 is 2.68 bits per heavy atom. The molecule has 19 heavy (non-hydrogen) atoms. The van der Waals surface area contributed by atoms with Crippen LogP contribution in [0.2, 0.25) is 0 Å². The predicted molar refractivity (Wildman–Crippen MR) is 74.4 cm³/mol. The van der Waals surface area contributed by atoms with Crippen LogP contribution in [0.1, 0.15) is 11.1 Å². The van der Waals surface area contributed by atoms with E-state index >= 15 is 0 Å². The quantitative estimate of drug-likeness (QED) is 0.842. The number of hydrogen-bond acceptors (Lipinski definition) is 2. The first-order valence-electron chi connectivity index (χ1n) is 5.90. The van der Waals surface area contributed by atoms with E-state index in [0.717, 1.165) is 23.0 Å². The van der Waals surface area contributed by atoms with Gasteiger partial charge >= 0.3 is 5.97 Å². The van der Waals surface area contributed by atoms with Crippen molar-refractivity contribution in [3.63, 3.8) is 0 Å². The van der Waals surface area contributed by atoms with Crippen molar-refractivity contribution < 1.29 is 14.6 Å². The first kappa shape index (κ1) is 12.9. The number of ether oxygens (including phenoxy) is 1. The minimum atomic E-state index is -0.967. The maximum atomic E-state index is 10.5. The van der Waals surface area contributed by atoms with E-state index < -0.39 is 5.97 Å². The lowest BCUT2D eigenvalue weighted by atomic mass is 10.2. The highest BCUT2D eigenvalue weighted by atomic mass is 16.5. The van der Waals surface area contributed by atoms with Gasteiger partial charge in [0.25, 0.3) is 0 Å². The fraction of sp³-hybridized carbons (Fsp3) is 0.0625. The van der Waals surface area contributed by atoms with Crippen molar-refractivity contribution in [3.05, 3.63) is 65.7 Å². The van der Waals surface area contributed by atoms with Gasteiger partial charge in [0.15, 0.2) is 0 Å². The molecule has 2 aromatic carbocycles. The minimum Gasteiger partial charge on any atom is -0.478 e. The van der Waals surface area contributed by atoms with E-state index in [2.05, 4.69) is 0 Å². The summed E-state index contributed by atoms with van der Waals surface area (Å²) in [6.07, 6.45) is 2.64. The van der Waals surface area contributed by atoms with Crippen molar-refractivity contribution in [3.8, 4) is 11.5 Å². The van der Waals surface area contributed by atoms with Gasteiger partial charge in [-0.2, -0.15) is 0 Å². The molecule has 0 unspecified atom stereocenters.